The van der Waals surface area contributed by atoms with Crippen LogP contribution in [0.4, 0.5) is 0 Å². The van der Waals surface area contributed by atoms with Gasteiger partial charge in [0.05, 0.1) is 0 Å². The minimum Gasteiger partial charge on any atom is -0.453 e. The van der Waals surface area contributed by atoms with Gasteiger partial charge in [0, 0.05) is 12.3 Å². The highest BCUT2D eigenvalue weighted by atomic mass is 79.9. The lowest BCUT2D eigenvalue weighted by molar-refractivity contribution is -0.155. The fourth-order valence-corrected chi connectivity index (χ4v) is 7.69. The molecule has 0 aliphatic heterocycles. The normalized spacial score (nSPS) is 44.8. The second kappa shape index (κ2) is 7.07. The van der Waals surface area contributed by atoms with Gasteiger partial charge in [-0.2, -0.15) is 0 Å². The molecule has 7 atom stereocenters. The molecule has 0 amide bonds. The summed E-state index contributed by atoms with van der Waals surface area (Å²) in [5, 5.41) is 0.114. The van der Waals surface area contributed by atoms with Crippen molar-refractivity contribution in [3.05, 3.63) is 11.6 Å². The van der Waals surface area contributed by atoms with Gasteiger partial charge in [0.25, 0.3) is 0 Å². The number of fused-ring (bicyclic) bond motifs is 5. The molecule has 0 aromatic rings. The van der Waals surface area contributed by atoms with Gasteiger partial charge < -0.3 is 4.74 Å². The van der Waals surface area contributed by atoms with Gasteiger partial charge in [-0.25, -0.2) is 0 Å². The number of hydrogen-bond donors (Lipinski definition) is 0. The molecule has 4 aliphatic carbocycles. The monoisotopic (exact) mass is 450 g/mol. The number of alkyl halides is 1. The van der Waals surface area contributed by atoms with Crippen LogP contribution in [0.25, 0.3) is 0 Å². The minimum absolute atomic E-state index is 0.0571. The van der Waals surface area contributed by atoms with Gasteiger partial charge in [0.15, 0.2) is 11.9 Å². The van der Waals surface area contributed by atoms with Gasteiger partial charge in [-0.05, 0) is 80.1 Å². The zero-order valence-electron chi connectivity index (χ0n) is 17.1. The van der Waals surface area contributed by atoms with Crippen molar-refractivity contribution in [2.24, 2.45) is 34.5 Å². The first-order valence-electron chi connectivity index (χ1n) is 10.7. The molecular weight excluding hydrogens is 420 g/mol. The third-order valence-corrected chi connectivity index (χ3v) is 9.31. The first-order chi connectivity index (χ1) is 13.2. The predicted molar refractivity (Wildman–Crippen MR) is 110 cm³/mol. The fraction of sp³-hybridized carbons (Fsp3) is 0.783. The molecule has 4 rings (SSSR count). The van der Waals surface area contributed by atoms with Crippen LogP contribution in [0, 0.1) is 34.5 Å². The van der Waals surface area contributed by atoms with E-state index in [-0.39, 0.29) is 33.8 Å². The number of hydrogen-bond acceptors (Lipinski definition) is 4. The molecule has 4 nitrogen and oxygen atoms in total. The topological polar surface area (TPSA) is 60.4 Å². The summed E-state index contributed by atoms with van der Waals surface area (Å²) in [4.78, 5) is 36.6. The van der Waals surface area contributed by atoms with Crippen molar-refractivity contribution in [1.29, 1.82) is 0 Å². The SMILES string of the molecule is CC(=O)[C@H]1CC[C@H]2[C@@H]3CCC4=CC(=O)C(OC(=O)CBr)C[C@]4(C)[C@H]3CC[C@]12C. The molecule has 28 heavy (non-hydrogen) atoms. The Kier molecular flexibility index (Phi) is 5.13. The molecule has 0 N–H and O–H groups in total. The molecule has 1 unspecified atom stereocenters. The third-order valence-electron chi connectivity index (χ3n) is 8.85. The maximum Gasteiger partial charge on any atom is 0.317 e. The van der Waals surface area contributed by atoms with Crippen LogP contribution in [0.1, 0.15) is 65.7 Å². The number of rotatable bonds is 3. The first-order valence-corrected chi connectivity index (χ1v) is 11.8. The Hall–Kier alpha value is -0.970. The lowest BCUT2D eigenvalue weighted by Gasteiger charge is -2.58. The average molecular weight is 451 g/mol. The highest BCUT2D eigenvalue weighted by Gasteiger charge is 2.60. The van der Waals surface area contributed by atoms with E-state index in [2.05, 4.69) is 29.8 Å². The summed E-state index contributed by atoms with van der Waals surface area (Å²) in [6.45, 7) is 6.41. The van der Waals surface area contributed by atoms with Crippen molar-refractivity contribution in [3.8, 4) is 0 Å². The minimum atomic E-state index is -0.653. The van der Waals surface area contributed by atoms with Crippen molar-refractivity contribution in [1.82, 2.24) is 0 Å². The number of carbonyl (C=O) groups is 3. The third kappa shape index (κ3) is 2.95. The zero-order chi connectivity index (χ0) is 20.3. The summed E-state index contributed by atoms with van der Waals surface area (Å²) >= 11 is 3.12. The van der Waals surface area contributed by atoms with Crippen molar-refractivity contribution in [2.45, 2.75) is 71.8 Å². The molecule has 0 saturated heterocycles. The Balaban J connectivity index is 1.62. The second-order valence-electron chi connectivity index (χ2n) is 10.0. The smallest absolute Gasteiger partial charge is 0.317 e. The van der Waals surface area contributed by atoms with Gasteiger partial charge in [-0.3, -0.25) is 14.4 Å². The molecule has 154 valence electrons. The number of Topliss-reactive ketones (excluding diaryl/α,β-unsaturated/α-hetero) is 1. The first kappa shape index (κ1) is 20.3. The van der Waals surface area contributed by atoms with E-state index in [9.17, 15) is 14.4 Å². The molecule has 0 aromatic carbocycles. The molecular formula is C23H31BrO4. The highest BCUT2D eigenvalue weighted by molar-refractivity contribution is 9.09. The lowest BCUT2D eigenvalue weighted by Crippen LogP contribution is -2.53. The van der Waals surface area contributed by atoms with E-state index in [1.807, 2.05) is 0 Å². The summed E-state index contributed by atoms with van der Waals surface area (Å²) < 4.78 is 5.48. The van der Waals surface area contributed by atoms with Crippen LogP contribution in [-0.2, 0) is 19.1 Å². The van der Waals surface area contributed by atoms with Crippen molar-refractivity contribution >= 4 is 33.5 Å². The summed E-state index contributed by atoms with van der Waals surface area (Å²) in [5.41, 5.74) is 1.32. The van der Waals surface area contributed by atoms with E-state index < -0.39 is 6.10 Å². The van der Waals surface area contributed by atoms with Gasteiger partial charge >= 0.3 is 5.97 Å². The maximum absolute atomic E-state index is 12.5. The number of allylic oxidation sites excluding steroid dienone is 1. The summed E-state index contributed by atoms with van der Waals surface area (Å²) in [6.07, 6.45) is 8.19. The molecule has 3 saturated carbocycles. The molecule has 4 aliphatic rings. The number of ether oxygens (including phenoxy) is 1. The molecule has 0 aromatic heterocycles. The maximum atomic E-state index is 12.5. The van der Waals surface area contributed by atoms with E-state index >= 15 is 0 Å². The van der Waals surface area contributed by atoms with Gasteiger partial charge in [0.1, 0.15) is 11.1 Å². The Morgan fingerprint density at radius 2 is 1.93 bits per heavy atom. The second-order valence-corrected chi connectivity index (χ2v) is 10.6. The largest absolute Gasteiger partial charge is 0.453 e. The standard InChI is InChI=1S/C23H31BrO4/c1-13(25)16-6-7-17-15-5-4-14-10-19(26)20(28-21(27)12-24)11-23(14,3)18(15)8-9-22(16,17)2/h10,15-18,20H,4-9,11-12H2,1-3H3/t15-,16+,17-,18-,20?,22+,23-/m0/s1. The number of esters is 1. The Morgan fingerprint density at radius 1 is 1.18 bits per heavy atom. The average Bonchev–Trinajstić information content (AvgIpc) is 3.00. The van der Waals surface area contributed by atoms with Crippen molar-refractivity contribution < 1.29 is 19.1 Å². The molecule has 0 bridgehead atoms. The van der Waals surface area contributed by atoms with Crippen molar-refractivity contribution in [3.63, 3.8) is 0 Å². The number of ketones is 2. The molecule has 3 fully saturated rings. The summed E-state index contributed by atoms with van der Waals surface area (Å²) in [7, 11) is 0. The van der Waals surface area contributed by atoms with Gasteiger partial charge in [0.2, 0.25) is 0 Å². The van der Waals surface area contributed by atoms with E-state index in [0.717, 1.165) is 38.5 Å². The predicted octanol–water partition coefficient (Wildman–Crippen LogP) is 4.64. The van der Waals surface area contributed by atoms with Gasteiger partial charge in [-0.1, -0.05) is 35.4 Å². The number of halogens is 1. The van der Waals surface area contributed by atoms with E-state index in [1.54, 1.807) is 13.0 Å². The van der Waals surface area contributed by atoms with Gasteiger partial charge in [-0.15, -0.1) is 0 Å². The highest BCUT2D eigenvalue weighted by Crippen LogP contribution is 2.66. The molecule has 0 radical (unpaired) electrons. The summed E-state index contributed by atoms with van der Waals surface area (Å²) in [6, 6.07) is 0. The van der Waals surface area contributed by atoms with E-state index in [4.69, 9.17) is 4.74 Å². The Labute approximate surface area is 176 Å². The van der Waals surface area contributed by atoms with Crippen LogP contribution in [0.15, 0.2) is 11.6 Å². The van der Waals surface area contributed by atoms with Crippen LogP contribution in [0.5, 0.6) is 0 Å². The van der Waals surface area contributed by atoms with Crippen LogP contribution in [0.3, 0.4) is 0 Å². The van der Waals surface area contributed by atoms with E-state index in [1.165, 1.54) is 5.57 Å². The van der Waals surface area contributed by atoms with Crippen LogP contribution in [0.2, 0.25) is 0 Å². The molecule has 0 heterocycles. The fourth-order valence-electron chi connectivity index (χ4n) is 7.55. The van der Waals surface area contributed by atoms with Crippen LogP contribution >= 0.6 is 15.9 Å². The summed E-state index contributed by atoms with van der Waals surface area (Å²) in [5.74, 6) is 1.85. The van der Waals surface area contributed by atoms with Crippen LogP contribution in [-0.4, -0.2) is 29.0 Å². The molecule has 5 heteroatoms. The van der Waals surface area contributed by atoms with E-state index in [0.29, 0.717) is 30.0 Å². The Bertz CT molecular complexity index is 743. The Morgan fingerprint density at radius 3 is 2.61 bits per heavy atom. The van der Waals surface area contributed by atoms with Crippen LogP contribution < -0.4 is 0 Å². The lowest BCUT2D eigenvalue weighted by atomic mass is 9.46. The zero-order valence-corrected chi connectivity index (χ0v) is 18.7. The quantitative estimate of drug-likeness (QED) is 0.463. The van der Waals surface area contributed by atoms with Crippen molar-refractivity contribution in [2.75, 3.05) is 5.33 Å². The molecule has 0 spiro atoms. The number of carbonyl (C=O) groups excluding carboxylic acids is 3.